The van der Waals surface area contributed by atoms with Gasteiger partial charge >= 0.3 is 0 Å². The van der Waals surface area contributed by atoms with Crippen LogP contribution in [-0.2, 0) is 14.9 Å². The number of nitrogens with zero attached hydrogens (tertiary/aromatic N) is 4. The SMILES string of the molecule is CC(=O)N(c1ccc2c(c1)C(C)(C)c1ccccc1-2)c1nc2c(=O)[nH]c(N)nc2n1[C@H]1C[C@H](O)[C@@H](CO)O1. The number of nitrogen functional groups attached to an aromatic ring is 1. The molecule has 2 aromatic heterocycles. The second-order valence-electron chi connectivity index (χ2n) is 10.3. The first-order valence-electron chi connectivity index (χ1n) is 12.4. The van der Waals surface area contributed by atoms with E-state index in [1.807, 2.05) is 30.3 Å². The van der Waals surface area contributed by atoms with Crippen LogP contribution in [0.1, 0.15) is 44.5 Å². The first-order chi connectivity index (χ1) is 18.1. The third kappa shape index (κ3) is 3.46. The highest BCUT2D eigenvalue weighted by atomic mass is 16.5. The van der Waals surface area contributed by atoms with E-state index < -0.39 is 30.6 Å². The number of imidazole rings is 1. The maximum atomic E-state index is 13.2. The molecular weight excluding hydrogens is 488 g/mol. The van der Waals surface area contributed by atoms with E-state index >= 15 is 0 Å². The van der Waals surface area contributed by atoms with Crippen molar-refractivity contribution in [1.82, 2.24) is 19.5 Å². The number of anilines is 3. The van der Waals surface area contributed by atoms with Crippen molar-refractivity contribution in [3.05, 3.63) is 63.9 Å². The number of nitrogens with one attached hydrogen (secondary N) is 1. The lowest BCUT2D eigenvalue weighted by molar-refractivity contribution is -0.116. The summed E-state index contributed by atoms with van der Waals surface area (Å²) in [7, 11) is 0. The molecular formula is C27H28N6O5. The summed E-state index contributed by atoms with van der Waals surface area (Å²) in [4.78, 5) is 38.6. The number of rotatable bonds is 4. The van der Waals surface area contributed by atoms with Crippen molar-refractivity contribution in [1.29, 1.82) is 0 Å². The van der Waals surface area contributed by atoms with Gasteiger partial charge in [-0.25, -0.2) is 4.98 Å². The van der Waals surface area contributed by atoms with Crippen molar-refractivity contribution in [3.8, 4) is 11.1 Å². The summed E-state index contributed by atoms with van der Waals surface area (Å²) in [6.07, 6.45) is -2.56. The number of benzene rings is 2. The number of amides is 1. The van der Waals surface area contributed by atoms with Crippen LogP contribution in [0, 0.1) is 0 Å². The molecule has 6 rings (SSSR count). The summed E-state index contributed by atoms with van der Waals surface area (Å²) in [6.45, 7) is 5.30. The van der Waals surface area contributed by atoms with Gasteiger partial charge in [-0.05, 0) is 34.4 Å². The second-order valence-corrected chi connectivity index (χ2v) is 10.3. The van der Waals surface area contributed by atoms with Gasteiger partial charge in [0.05, 0.1) is 18.4 Å². The molecule has 0 bridgehead atoms. The van der Waals surface area contributed by atoms with Gasteiger partial charge in [0.15, 0.2) is 11.2 Å². The van der Waals surface area contributed by atoms with Crippen LogP contribution in [0.15, 0.2) is 47.3 Å². The van der Waals surface area contributed by atoms with Crippen molar-refractivity contribution < 1.29 is 19.7 Å². The minimum absolute atomic E-state index is 0.0279. The predicted octanol–water partition coefficient (Wildman–Crippen LogP) is 2.33. The van der Waals surface area contributed by atoms with E-state index in [-0.39, 0.29) is 40.8 Å². The lowest BCUT2D eigenvalue weighted by atomic mass is 9.82. The lowest BCUT2D eigenvalue weighted by Gasteiger charge is -2.26. The molecule has 4 aromatic rings. The van der Waals surface area contributed by atoms with Crippen LogP contribution in [0.3, 0.4) is 0 Å². The molecule has 0 radical (unpaired) electrons. The highest BCUT2D eigenvalue weighted by molar-refractivity contribution is 5.99. The number of carbonyl (C=O) groups is 1. The van der Waals surface area contributed by atoms with Crippen LogP contribution in [0.5, 0.6) is 0 Å². The lowest BCUT2D eigenvalue weighted by Crippen LogP contribution is -2.28. The Morgan fingerprint density at radius 2 is 1.95 bits per heavy atom. The maximum Gasteiger partial charge on any atom is 0.280 e. The molecule has 1 aliphatic heterocycles. The Labute approximate surface area is 217 Å². The van der Waals surface area contributed by atoms with Gasteiger partial charge in [-0.1, -0.05) is 44.2 Å². The summed E-state index contributed by atoms with van der Waals surface area (Å²) in [5.74, 6) is -0.379. The Kier molecular flexibility index (Phi) is 5.42. The van der Waals surface area contributed by atoms with Gasteiger partial charge < -0.3 is 20.7 Å². The third-order valence-electron chi connectivity index (χ3n) is 7.56. The fraction of sp³-hybridized carbons (Fsp3) is 0.333. The topological polar surface area (TPSA) is 160 Å². The highest BCUT2D eigenvalue weighted by Gasteiger charge is 2.40. The van der Waals surface area contributed by atoms with Crippen LogP contribution < -0.4 is 16.2 Å². The van der Waals surface area contributed by atoms with Crippen LogP contribution in [-0.4, -0.2) is 54.5 Å². The molecule has 0 saturated carbocycles. The average molecular weight is 517 g/mol. The smallest absolute Gasteiger partial charge is 0.280 e. The van der Waals surface area contributed by atoms with Gasteiger partial charge in [0.2, 0.25) is 17.8 Å². The molecule has 1 saturated heterocycles. The van der Waals surface area contributed by atoms with E-state index in [0.29, 0.717) is 5.69 Å². The van der Waals surface area contributed by atoms with Crippen molar-refractivity contribution in [2.75, 3.05) is 17.2 Å². The van der Waals surface area contributed by atoms with E-state index in [0.717, 1.165) is 16.7 Å². The number of fused-ring (bicyclic) bond motifs is 4. The van der Waals surface area contributed by atoms with E-state index in [1.165, 1.54) is 22.0 Å². The Morgan fingerprint density at radius 3 is 2.66 bits per heavy atom. The van der Waals surface area contributed by atoms with Gasteiger partial charge in [-0.2, -0.15) is 4.98 Å². The minimum Gasteiger partial charge on any atom is -0.394 e. The molecule has 2 aromatic carbocycles. The normalized spacial score (nSPS) is 21.4. The number of hydrogen-bond acceptors (Lipinski definition) is 8. The van der Waals surface area contributed by atoms with Gasteiger partial charge in [-0.3, -0.25) is 24.0 Å². The molecule has 3 atom stereocenters. The Balaban J connectivity index is 1.56. The number of aromatic amines is 1. The van der Waals surface area contributed by atoms with Crippen molar-refractivity contribution in [3.63, 3.8) is 0 Å². The highest BCUT2D eigenvalue weighted by Crippen LogP contribution is 2.50. The number of aromatic nitrogens is 4. The largest absolute Gasteiger partial charge is 0.394 e. The van der Waals surface area contributed by atoms with Crippen LogP contribution in [0.25, 0.3) is 22.3 Å². The second kappa shape index (κ2) is 8.48. The molecule has 0 spiro atoms. The monoisotopic (exact) mass is 516 g/mol. The molecule has 196 valence electrons. The first-order valence-corrected chi connectivity index (χ1v) is 12.4. The molecule has 38 heavy (non-hydrogen) atoms. The zero-order chi connectivity index (χ0) is 26.9. The number of carbonyl (C=O) groups excluding carboxylic acids is 1. The minimum atomic E-state index is -0.959. The number of H-pyrrole nitrogens is 1. The average Bonchev–Trinajstić information content (AvgIpc) is 3.50. The quantitative estimate of drug-likeness (QED) is 0.322. The fourth-order valence-electron chi connectivity index (χ4n) is 5.72. The third-order valence-corrected chi connectivity index (χ3v) is 7.56. The summed E-state index contributed by atoms with van der Waals surface area (Å²) in [5.41, 5.74) is 10.1. The molecule has 1 amide bonds. The van der Waals surface area contributed by atoms with Crippen molar-refractivity contribution >= 4 is 34.7 Å². The van der Waals surface area contributed by atoms with E-state index in [2.05, 4.69) is 40.9 Å². The molecule has 2 aliphatic rings. The number of aliphatic hydroxyl groups excluding tert-OH is 2. The van der Waals surface area contributed by atoms with E-state index in [1.54, 1.807) is 0 Å². The van der Waals surface area contributed by atoms with Gasteiger partial charge in [-0.15, -0.1) is 0 Å². The fourth-order valence-corrected chi connectivity index (χ4v) is 5.72. The molecule has 5 N–H and O–H groups in total. The van der Waals surface area contributed by atoms with Gasteiger partial charge in [0, 0.05) is 18.8 Å². The number of hydrogen-bond donors (Lipinski definition) is 4. The van der Waals surface area contributed by atoms with Crippen LogP contribution >= 0.6 is 0 Å². The Morgan fingerprint density at radius 1 is 1.21 bits per heavy atom. The molecule has 1 fully saturated rings. The standard InChI is InChI=1S/C27H28N6O5/c1-13(35)32(14-8-9-16-15-6-4-5-7-17(15)27(2,3)18(16)10-14)26-29-22-23(30-25(28)31-24(22)37)33(26)21-11-19(36)20(12-34)38-21/h4-10,19-21,34,36H,11-12H2,1-3H3,(H3,28,30,31,37)/t19-,20+,21+/m0/s1. The number of ether oxygens (including phenoxy) is 1. The zero-order valence-electron chi connectivity index (χ0n) is 21.2. The molecule has 11 nitrogen and oxygen atoms in total. The summed E-state index contributed by atoms with van der Waals surface area (Å²) >= 11 is 0. The summed E-state index contributed by atoms with van der Waals surface area (Å²) in [6, 6.07) is 14.0. The first kappa shape index (κ1) is 24.3. The number of aliphatic hydroxyl groups is 2. The number of nitrogens with two attached hydrogens (primary N) is 1. The van der Waals surface area contributed by atoms with Gasteiger partial charge in [0.25, 0.3) is 5.56 Å². The molecule has 3 heterocycles. The Bertz CT molecular complexity index is 1660. The maximum absolute atomic E-state index is 13.2. The van der Waals surface area contributed by atoms with Crippen molar-refractivity contribution in [2.24, 2.45) is 0 Å². The summed E-state index contributed by atoms with van der Waals surface area (Å²) in [5, 5.41) is 20.1. The van der Waals surface area contributed by atoms with Crippen LogP contribution in [0.2, 0.25) is 0 Å². The zero-order valence-corrected chi connectivity index (χ0v) is 21.2. The molecule has 1 aliphatic carbocycles. The van der Waals surface area contributed by atoms with Crippen molar-refractivity contribution in [2.45, 2.75) is 51.0 Å². The van der Waals surface area contributed by atoms with Crippen LogP contribution in [0.4, 0.5) is 17.6 Å². The van der Waals surface area contributed by atoms with E-state index in [4.69, 9.17) is 10.5 Å². The van der Waals surface area contributed by atoms with E-state index in [9.17, 15) is 19.8 Å². The molecule has 0 unspecified atom stereocenters. The summed E-state index contributed by atoms with van der Waals surface area (Å²) < 4.78 is 7.40. The molecule has 11 heteroatoms. The predicted molar refractivity (Wildman–Crippen MR) is 141 cm³/mol. The van der Waals surface area contributed by atoms with Gasteiger partial charge in [0.1, 0.15) is 12.3 Å². The Hall–Kier alpha value is -4.06.